The second-order valence-electron chi connectivity index (χ2n) is 9.32. The van der Waals surface area contributed by atoms with E-state index in [1.807, 2.05) is 12.1 Å². The molecular formula is C28H44O3S. The van der Waals surface area contributed by atoms with Gasteiger partial charge in [0.05, 0.1) is 0 Å². The highest BCUT2D eigenvalue weighted by Crippen LogP contribution is 2.29. The SMILES string of the molecule is CCCCCCCCCc1cc2cccc(S(=O)(=O)O)c2cc1CCCCCCCCC. The Labute approximate surface area is 196 Å². The Kier molecular flexibility index (Phi) is 12.3. The van der Waals surface area contributed by atoms with Crippen molar-refractivity contribution in [3.05, 3.63) is 41.5 Å². The van der Waals surface area contributed by atoms with E-state index in [0.29, 0.717) is 5.39 Å². The molecular weight excluding hydrogens is 416 g/mol. The fourth-order valence-electron chi connectivity index (χ4n) is 4.62. The lowest BCUT2D eigenvalue weighted by molar-refractivity contribution is 0.484. The Morgan fingerprint density at radius 3 is 1.62 bits per heavy atom. The van der Waals surface area contributed by atoms with Crippen LogP contribution in [-0.4, -0.2) is 13.0 Å². The summed E-state index contributed by atoms with van der Waals surface area (Å²) >= 11 is 0. The summed E-state index contributed by atoms with van der Waals surface area (Å²) in [6.07, 6.45) is 19.9. The molecule has 0 aliphatic rings. The molecule has 0 aliphatic carbocycles. The largest absolute Gasteiger partial charge is 0.295 e. The third-order valence-electron chi connectivity index (χ3n) is 6.54. The van der Waals surface area contributed by atoms with Gasteiger partial charge in [0.15, 0.2) is 0 Å². The van der Waals surface area contributed by atoms with Gasteiger partial charge in [-0.2, -0.15) is 8.42 Å². The topological polar surface area (TPSA) is 54.4 Å². The third-order valence-corrected chi connectivity index (χ3v) is 7.45. The summed E-state index contributed by atoms with van der Waals surface area (Å²) in [6.45, 7) is 4.49. The Bertz CT molecular complexity index is 902. The van der Waals surface area contributed by atoms with Crippen LogP contribution in [0.25, 0.3) is 10.8 Å². The van der Waals surface area contributed by atoms with Gasteiger partial charge in [0.2, 0.25) is 0 Å². The van der Waals surface area contributed by atoms with Crippen LogP contribution in [0.4, 0.5) is 0 Å². The number of rotatable bonds is 17. The van der Waals surface area contributed by atoms with Gasteiger partial charge in [0.25, 0.3) is 10.1 Å². The summed E-state index contributed by atoms with van der Waals surface area (Å²) in [5.74, 6) is 0. The highest BCUT2D eigenvalue weighted by Gasteiger charge is 2.15. The second-order valence-corrected chi connectivity index (χ2v) is 10.7. The zero-order valence-electron chi connectivity index (χ0n) is 20.4. The molecule has 2 aromatic carbocycles. The minimum absolute atomic E-state index is 0.0262. The molecule has 0 saturated carbocycles. The van der Waals surface area contributed by atoms with Gasteiger partial charge in [-0.15, -0.1) is 0 Å². The minimum Gasteiger partial charge on any atom is -0.282 e. The van der Waals surface area contributed by atoms with Crippen molar-refractivity contribution in [2.24, 2.45) is 0 Å². The molecule has 0 atom stereocenters. The number of benzene rings is 2. The number of unbranched alkanes of at least 4 members (excludes halogenated alkanes) is 12. The molecule has 4 heteroatoms. The lowest BCUT2D eigenvalue weighted by Crippen LogP contribution is -2.02. The van der Waals surface area contributed by atoms with Gasteiger partial charge in [0, 0.05) is 5.39 Å². The Morgan fingerprint density at radius 2 is 1.12 bits per heavy atom. The van der Waals surface area contributed by atoms with E-state index in [9.17, 15) is 13.0 Å². The standard InChI is InChI=1S/C28H44O3S/c1-3-5-7-9-11-13-15-18-24-22-26-20-17-21-28(32(29,30)31)27(26)23-25(24)19-16-14-12-10-8-6-4-2/h17,20-23H,3-16,18-19H2,1-2H3,(H,29,30,31). The molecule has 0 saturated heterocycles. The molecule has 2 rings (SSSR count). The van der Waals surface area contributed by atoms with Gasteiger partial charge in [0.1, 0.15) is 4.90 Å². The van der Waals surface area contributed by atoms with Gasteiger partial charge in [-0.05, 0) is 54.3 Å². The van der Waals surface area contributed by atoms with Crippen LogP contribution in [0.15, 0.2) is 35.2 Å². The Morgan fingerprint density at radius 1 is 0.656 bits per heavy atom. The molecule has 0 unspecified atom stereocenters. The van der Waals surface area contributed by atoms with E-state index in [1.165, 1.54) is 101 Å². The molecule has 1 N–H and O–H groups in total. The molecule has 0 bridgehead atoms. The number of hydrogen-bond donors (Lipinski definition) is 1. The van der Waals surface area contributed by atoms with Crippen molar-refractivity contribution >= 4 is 20.9 Å². The fraction of sp³-hybridized carbons (Fsp3) is 0.643. The van der Waals surface area contributed by atoms with Crippen molar-refractivity contribution in [1.82, 2.24) is 0 Å². The zero-order valence-corrected chi connectivity index (χ0v) is 21.2. The zero-order chi connectivity index (χ0) is 23.2. The molecule has 180 valence electrons. The van der Waals surface area contributed by atoms with Crippen LogP contribution in [-0.2, 0) is 23.0 Å². The van der Waals surface area contributed by atoms with Gasteiger partial charge < -0.3 is 0 Å². The van der Waals surface area contributed by atoms with Crippen LogP contribution in [0.2, 0.25) is 0 Å². The number of aryl methyl sites for hydroxylation is 2. The van der Waals surface area contributed by atoms with E-state index in [1.54, 1.807) is 6.07 Å². The Balaban J connectivity index is 2.08. The highest BCUT2D eigenvalue weighted by atomic mass is 32.2. The van der Waals surface area contributed by atoms with Gasteiger partial charge >= 0.3 is 0 Å². The molecule has 0 spiro atoms. The summed E-state index contributed by atoms with van der Waals surface area (Å²) in [5.41, 5.74) is 2.61. The molecule has 0 aliphatic heterocycles. The van der Waals surface area contributed by atoms with Crippen molar-refractivity contribution in [1.29, 1.82) is 0 Å². The van der Waals surface area contributed by atoms with Crippen LogP contribution in [0.5, 0.6) is 0 Å². The number of hydrogen-bond acceptors (Lipinski definition) is 2. The molecule has 0 heterocycles. The third kappa shape index (κ3) is 9.23. The smallest absolute Gasteiger partial charge is 0.282 e. The maximum Gasteiger partial charge on any atom is 0.295 e. The van der Waals surface area contributed by atoms with Crippen LogP contribution in [0.3, 0.4) is 0 Å². The Hall–Kier alpha value is -1.39. The first-order chi connectivity index (χ1) is 15.5. The van der Waals surface area contributed by atoms with Crippen LogP contribution in [0, 0.1) is 0 Å². The summed E-state index contributed by atoms with van der Waals surface area (Å²) in [6, 6.07) is 9.38. The first-order valence-electron chi connectivity index (χ1n) is 13.0. The maximum absolute atomic E-state index is 11.9. The first kappa shape index (κ1) is 26.9. The quantitative estimate of drug-likeness (QED) is 0.190. The van der Waals surface area contributed by atoms with Gasteiger partial charge in [-0.1, -0.05) is 109 Å². The molecule has 0 aromatic heterocycles. The van der Waals surface area contributed by atoms with Crippen LogP contribution < -0.4 is 0 Å². The fourth-order valence-corrected chi connectivity index (χ4v) is 5.33. The minimum atomic E-state index is -4.23. The summed E-state index contributed by atoms with van der Waals surface area (Å²) in [7, 11) is -4.23. The first-order valence-corrected chi connectivity index (χ1v) is 14.4. The lowest BCUT2D eigenvalue weighted by atomic mass is 9.93. The monoisotopic (exact) mass is 460 g/mol. The lowest BCUT2D eigenvalue weighted by Gasteiger charge is -2.14. The molecule has 0 fully saturated rings. The van der Waals surface area contributed by atoms with Crippen molar-refractivity contribution in [3.8, 4) is 0 Å². The van der Waals surface area contributed by atoms with Crippen LogP contribution >= 0.6 is 0 Å². The van der Waals surface area contributed by atoms with Gasteiger partial charge in [-0.3, -0.25) is 4.55 Å². The number of fused-ring (bicyclic) bond motifs is 1. The molecule has 0 radical (unpaired) electrons. The normalized spacial score (nSPS) is 12.0. The highest BCUT2D eigenvalue weighted by molar-refractivity contribution is 7.86. The average Bonchev–Trinajstić information content (AvgIpc) is 2.76. The van der Waals surface area contributed by atoms with Crippen molar-refractivity contribution in [2.45, 2.75) is 121 Å². The van der Waals surface area contributed by atoms with Crippen LogP contribution in [0.1, 0.15) is 115 Å². The molecule has 0 amide bonds. The van der Waals surface area contributed by atoms with Gasteiger partial charge in [-0.25, -0.2) is 0 Å². The van der Waals surface area contributed by atoms with Crippen molar-refractivity contribution in [3.63, 3.8) is 0 Å². The van der Waals surface area contributed by atoms with E-state index >= 15 is 0 Å². The van der Waals surface area contributed by atoms with Crippen molar-refractivity contribution in [2.75, 3.05) is 0 Å². The van der Waals surface area contributed by atoms with E-state index in [-0.39, 0.29) is 4.90 Å². The summed E-state index contributed by atoms with van der Waals surface area (Å²) in [5, 5.41) is 1.55. The predicted octanol–water partition coefficient (Wildman–Crippen LogP) is 8.67. The van der Waals surface area contributed by atoms with E-state index in [4.69, 9.17) is 0 Å². The van der Waals surface area contributed by atoms with Crippen molar-refractivity contribution < 1.29 is 13.0 Å². The molecule has 32 heavy (non-hydrogen) atoms. The van der Waals surface area contributed by atoms with E-state index in [2.05, 4.69) is 19.9 Å². The summed E-state index contributed by atoms with van der Waals surface area (Å²) in [4.78, 5) is 0.0262. The van der Waals surface area contributed by atoms with E-state index in [0.717, 1.165) is 24.6 Å². The summed E-state index contributed by atoms with van der Waals surface area (Å²) < 4.78 is 33.5. The maximum atomic E-state index is 11.9. The predicted molar refractivity (Wildman–Crippen MR) is 137 cm³/mol. The molecule has 2 aromatic rings. The average molecular weight is 461 g/mol. The second kappa shape index (κ2) is 14.7. The molecule has 3 nitrogen and oxygen atoms in total. The van der Waals surface area contributed by atoms with E-state index < -0.39 is 10.1 Å².